The van der Waals surface area contributed by atoms with E-state index in [-0.39, 0.29) is 17.2 Å². The van der Waals surface area contributed by atoms with Gasteiger partial charge < -0.3 is 14.6 Å². The predicted octanol–water partition coefficient (Wildman–Crippen LogP) is 5.37. The summed E-state index contributed by atoms with van der Waals surface area (Å²) in [5.41, 5.74) is 4.20. The molecule has 1 saturated heterocycles. The van der Waals surface area contributed by atoms with Crippen LogP contribution in [0.5, 0.6) is 0 Å². The minimum absolute atomic E-state index is 0.0565. The number of nitrogens with zero attached hydrogens (tertiary/aromatic N) is 3. The van der Waals surface area contributed by atoms with Gasteiger partial charge in [0.1, 0.15) is 0 Å². The molecule has 0 spiro atoms. The molecule has 1 fully saturated rings. The zero-order valence-electron chi connectivity index (χ0n) is 22.3. The number of carbonyl (C=O) groups excluding carboxylic acids is 2. The van der Waals surface area contributed by atoms with E-state index in [9.17, 15) is 9.59 Å². The fraction of sp³-hybridized carbons (Fsp3) is 0.448. The van der Waals surface area contributed by atoms with Crippen LogP contribution in [0.1, 0.15) is 67.9 Å². The molecule has 0 radical (unpaired) electrons. The van der Waals surface area contributed by atoms with E-state index >= 15 is 0 Å². The molecule has 1 N–H and O–H groups in total. The van der Waals surface area contributed by atoms with Gasteiger partial charge in [0.2, 0.25) is 17.6 Å². The molecule has 37 heavy (non-hydrogen) atoms. The molecule has 8 heteroatoms. The first-order valence-electron chi connectivity index (χ1n) is 12.9. The van der Waals surface area contributed by atoms with Gasteiger partial charge in [-0.05, 0) is 61.9 Å². The topological polar surface area (TPSA) is 97.6 Å². The van der Waals surface area contributed by atoms with Crippen LogP contribution < -0.4 is 5.32 Å². The van der Waals surface area contributed by atoms with E-state index in [0.717, 1.165) is 30.5 Å². The molecule has 1 aromatic heterocycles. The third-order valence-electron chi connectivity index (χ3n) is 6.72. The van der Waals surface area contributed by atoms with E-state index in [0.29, 0.717) is 42.7 Å². The van der Waals surface area contributed by atoms with E-state index in [1.807, 2.05) is 25.1 Å². The number of esters is 1. The summed E-state index contributed by atoms with van der Waals surface area (Å²) in [6.07, 6.45) is 1.70. The van der Waals surface area contributed by atoms with Gasteiger partial charge in [-0.2, -0.15) is 4.98 Å². The normalized spacial score (nSPS) is 16.4. The Kier molecular flexibility index (Phi) is 8.07. The Bertz CT molecular complexity index is 1240. The Morgan fingerprint density at radius 2 is 1.92 bits per heavy atom. The van der Waals surface area contributed by atoms with Crippen LogP contribution in [0.15, 0.2) is 47.0 Å². The molecule has 0 saturated carbocycles. The van der Waals surface area contributed by atoms with E-state index < -0.39 is 5.97 Å². The van der Waals surface area contributed by atoms with Gasteiger partial charge in [0, 0.05) is 17.8 Å². The second-order valence-corrected chi connectivity index (χ2v) is 10.7. The van der Waals surface area contributed by atoms with Crippen molar-refractivity contribution in [3.05, 3.63) is 65.0 Å². The summed E-state index contributed by atoms with van der Waals surface area (Å²) in [6, 6.07) is 13.5. The molecule has 3 aromatic rings. The fourth-order valence-electron chi connectivity index (χ4n) is 4.49. The minimum atomic E-state index is -0.397. The van der Waals surface area contributed by atoms with Crippen molar-refractivity contribution in [2.45, 2.75) is 59.4 Å². The Morgan fingerprint density at radius 1 is 1.16 bits per heavy atom. The number of aromatic nitrogens is 2. The number of ether oxygens (including phenoxy) is 1. The molecule has 2 aromatic carbocycles. The largest absolute Gasteiger partial charge is 0.462 e. The number of benzene rings is 2. The lowest BCUT2D eigenvalue weighted by molar-refractivity contribution is -0.121. The van der Waals surface area contributed by atoms with Gasteiger partial charge in [-0.15, -0.1) is 0 Å². The molecule has 0 aliphatic carbocycles. The van der Waals surface area contributed by atoms with Crippen molar-refractivity contribution in [3.8, 4) is 11.4 Å². The third kappa shape index (κ3) is 6.63. The first kappa shape index (κ1) is 26.5. The Morgan fingerprint density at radius 3 is 2.62 bits per heavy atom. The number of rotatable bonds is 7. The van der Waals surface area contributed by atoms with Crippen molar-refractivity contribution >= 4 is 17.6 Å². The van der Waals surface area contributed by atoms with Crippen LogP contribution in [0.2, 0.25) is 0 Å². The summed E-state index contributed by atoms with van der Waals surface area (Å²) in [7, 11) is 0. The minimum Gasteiger partial charge on any atom is -0.462 e. The SMILES string of the molecule is CCOC(=O)c1ccc(C)c(NC(=O)C2CCCN(Cc3nc(-c4ccc(C(C)(C)C)cc4)no3)C2)c1. The van der Waals surface area contributed by atoms with Crippen molar-refractivity contribution in [2.24, 2.45) is 5.92 Å². The molecular weight excluding hydrogens is 468 g/mol. The van der Waals surface area contributed by atoms with E-state index in [2.05, 4.69) is 53.3 Å². The lowest BCUT2D eigenvalue weighted by Crippen LogP contribution is -2.40. The van der Waals surface area contributed by atoms with Gasteiger partial charge in [-0.25, -0.2) is 4.79 Å². The van der Waals surface area contributed by atoms with Crippen molar-refractivity contribution < 1.29 is 18.8 Å². The molecule has 1 aliphatic rings. The van der Waals surface area contributed by atoms with Crippen LogP contribution in [0, 0.1) is 12.8 Å². The molecule has 1 unspecified atom stereocenters. The maximum absolute atomic E-state index is 13.1. The number of likely N-dealkylation sites (tertiary alicyclic amines) is 1. The Balaban J connectivity index is 1.37. The monoisotopic (exact) mass is 504 g/mol. The van der Waals surface area contributed by atoms with Crippen molar-refractivity contribution in [2.75, 3.05) is 25.0 Å². The first-order chi connectivity index (χ1) is 17.6. The Labute approximate surface area is 218 Å². The van der Waals surface area contributed by atoms with Gasteiger partial charge >= 0.3 is 5.97 Å². The van der Waals surface area contributed by atoms with Crippen LogP contribution in [-0.4, -0.2) is 46.6 Å². The van der Waals surface area contributed by atoms with Crippen molar-refractivity contribution in [1.29, 1.82) is 0 Å². The quantitative estimate of drug-likeness (QED) is 0.432. The number of hydrogen-bond acceptors (Lipinski definition) is 7. The number of amides is 1. The average Bonchev–Trinajstić information content (AvgIpc) is 3.33. The number of nitrogens with one attached hydrogen (secondary N) is 1. The maximum atomic E-state index is 13.1. The molecule has 1 atom stereocenters. The second-order valence-electron chi connectivity index (χ2n) is 10.7. The van der Waals surface area contributed by atoms with Gasteiger partial charge in [-0.3, -0.25) is 9.69 Å². The van der Waals surface area contributed by atoms with Gasteiger partial charge in [0.25, 0.3) is 0 Å². The Hall–Kier alpha value is -3.52. The lowest BCUT2D eigenvalue weighted by Gasteiger charge is -2.31. The van der Waals surface area contributed by atoms with Gasteiger partial charge in [-0.1, -0.05) is 56.3 Å². The third-order valence-corrected chi connectivity index (χ3v) is 6.72. The van der Waals surface area contributed by atoms with Crippen LogP contribution in [0.25, 0.3) is 11.4 Å². The highest BCUT2D eigenvalue weighted by Gasteiger charge is 2.27. The zero-order valence-corrected chi connectivity index (χ0v) is 22.3. The molecule has 1 aliphatic heterocycles. The number of carbonyl (C=O) groups is 2. The molecule has 4 rings (SSSR count). The number of hydrogen-bond donors (Lipinski definition) is 1. The van der Waals surface area contributed by atoms with Crippen LogP contribution in [-0.2, 0) is 21.5 Å². The smallest absolute Gasteiger partial charge is 0.338 e. The van der Waals surface area contributed by atoms with Crippen molar-refractivity contribution in [3.63, 3.8) is 0 Å². The van der Waals surface area contributed by atoms with Gasteiger partial charge in [0.05, 0.1) is 24.6 Å². The summed E-state index contributed by atoms with van der Waals surface area (Å²) >= 11 is 0. The van der Waals surface area contributed by atoms with E-state index in [1.165, 1.54) is 5.56 Å². The lowest BCUT2D eigenvalue weighted by atomic mass is 9.87. The number of piperidine rings is 1. The van der Waals surface area contributed by atoms with E-state index in [4.69, 9.17) is 9.26 Å². The zero-order chi connectivity index (χ0) is 26.6. The highest BCUT2D eigenvalue weighted by Crippen LogP contribution is 2.26. The van der Waals surface area contributed by atoms with E-state index in [1.54, 1.807) is 19.1 Å². The molecule has 8 nitrogen and oxygen atoms in total. The number of aryl methyl sites for hydroxylation is 1. The van der Waals surface area contributed by atoms with Crippen LogP contribution in [0.3, 0.4) is 0 Å². The first-order valence-corrected chi connectivity index (χ1v) is 12.9. The fourth-order valence-corrected chi connectivity index (χ4v) is 4.49. The average molecular weight is 505 g/mol. The molecule has 2 heterocycles. The summed E-state index contributed by atoms with van der Waals surface area (Å²) < 4.78 is 10.6. The maximum Gasteiger partial charge on any atom is 0.338 e. The van der Waals surface area contributed by atoms with Crippen molar-refractivity contribution in [1.82, 2.24) is 15.0 Å². The highest BCUT2D eigenvalue weighted by molar-refractivity contribution is 5.96. The van der Waals surface area contributed by atoms with Crippen LogP contribution >= 0.6 is 0 Å². The molecular formula is C29H36N4O4. The molecule has 196 valence electrons. The predicted molar refractivity (Wildman–Crippen MR) is 142 cm³/mol. The number of anilines is 1. The standard InChI is InChI=1S/C29H36N4O4/c1-6-36-28(35)21-10-9-19(2)24(16-21)30-27(34)22-8-7-15-33(17-22)18-25-31-26(32-37-25)20-11-13-23(14-12-20)29(3,4)5/h9-14,16,22H,6-8,15,17-18H2,1-5H3,(H,30,34). The summed E-state index contributed by atoms with van der Waals surface area (Å²) in [4.78, 5) is 32.0. The summed E-state index contributed by atoms with van der Waals surface area (Å²) in [5.74, 6) is 0.476. The van der Waals surface area contributed by atoms with Crippen LogP contribution in [0.4, 0.5) is 5.69 Å². The second kappa shape index (κ2) is 11.3. The summed E-state index contributed by atoms with van der Waals surface area (Å²) in [5, 5.41) is 7.19. The summed E-state index contributed by atoms with van der Waals surface area (Å²) in [6.45, 7) is 12.5. The highest BCUT2D eigenvalue weighted by atomic mass is 16.5. The van der Waals surface area contributed by atoms with Gasteiger partial charge in [0.15, 0.2) is 0 Å². The molecule has 1 amide bonds. The molecule has 0 bridgehead atoms.